The second-order valence-electron chi connectivity index (χ2n) is 3.32. The van der Waals surface area contributed by atoms with Gasteiger partial charge in [0, 0.05) is 17.1 Å². The quantitative estimate of drug-likeness (QED) is 0.810. The van der Waals surface area contributed by atoms with E-state index in [9.17, 15) is 13.6 Å². The summed E-state index contributed by atoms with van der Waals surface area (Å²) in [5.41, 5.74) is 5.85. The highest BCUT2D eigenvalue weighted by atomic mass is 32.1. The highest BCUT2D eigenvalue weighted by Gasteiger charge is 2.14. The van der Waals surface area contributed by atoms with Crippen molar-refractivity contribution in [2.24, 2.45) is 0 Å². The molecule has 0 bridgehead atoms. The number of carbonyl (C=O) groups excluding carboxylic acids is 1. The molecule has 0 aliphatic carbocycles. The van der Waals surface area contributed by atoms with E-state index < -0.39 is 17.5 Å². The van der Waals surface area contributed by atoms with E-state index in [0.29, 0.717) is 5.69 Å². The lowest BCUT2D eigenvalue weighted by molar-refractivity contribution is 0.102. The van der Waals surface area contributed by atoms with Crippen LogP contribution in [0.4, 0.5) is 20.2 Å². The second kappa shape index (κ2) is 4.50. The minimum absolute atomic E-state index is 0.0879. The van der Waals surface area contributed by atoms with Crippen LogP contribution in [0, 0.1) is 11.6 Å². The zero-order valence-electron chi connectivity index (χ0n) is 8.54. The van der Waals surface area contributed by atoms with E-state index in [0.717, 1.165) is 12.1 Å². The first-order chi connectivity index (χ1) is 8.08. The Bertz CT molecular complexity index is 555. The average molecular weight is 254 g/mol. The lowest BCUT2D eigenvalue weighted by Gasteiger charge is -2.06. The second-order valence-corrected chi connectivity index (χ2v) is 4.10. The molecule has 0 radical (unpaired) electrons. The molecule has 0 saturated carbocycles. The van der Waals surface area contributed by atoms with Crippen molar-refractivity contribution < 1.29 is 13.6 Å². The van der Waals surface area contributed by atoms with Crippen LogP contribution in [-0.2, 0) is 0 Å². The minimum Gasteiger partial charge on any atom is -0.398 e. The van der Waals surface area contributed by atoms with Gasteiger partial charge in [-0.25, -0.2) is 8.78 Å². The molecule has 1 amide bonds. The standard InChI is InChI=1S/C11H8F2N2OS/c12-8-3-7(10(14)4-9(8)13)11(16)15-6-1-2-17-5-6/h1-5H,14H2,(H,15,16). The molecule has 2 rings (SSSR count). The summed E-state index contributed by atoms with van der Waals surface area (Å²) in [5.74, 6) is -2.75. The Labute approximate surface area is 99.9 Å². The molecule has 1 aromatic carbocycles. The van der Waals surface area contributed by atoms with Crippen LogP contribution in [0.3, 0.4) is 0 Å². The van der Waals surface area contributed by atoms with Gasteiger partial charge in [0.15, 0.2) is 11.6 Å². The van der Waals surface area contributed by atoms with Crippen LogP contribution in [0.2, 0.25) is 0 Å². The maximum atomic E-state index is 13.0. The fourth-order valence-electron chi connectivity index (χ4n) is 1.29. The number of anilines is 2. The van der Waals surface area contributed by atoms with Gasteiger partial charge in [0.2, 0.25) is 0 Å². The summed E-state index contributed by atoms with van der Waals surface area (Å²) in [4.78, 5) is 11.7. The van der Waals surface area contributed by atoms with Gasteiger partial charge in [0.1, 0.15) is 0 Å². The summed E-state index contributed by atoms with van der Waals surface area (Å²) in [6.07, 6.45) is 0. The van der Waals surface area contributed by atoms with Gasteiger partial charge >= 0.3 is 0 Å². The number of nitrogens with one attached hydrogen (secondary N) is 1. The van der Waals surface area contributed by atoms with Crippen LogP contribution in [0.25, 0.3) is 0 Å². The summed E-state index contributed by atoms with van der Waals surface area (Å²) in [6.45, 7) is 0. The van der Waals surface area contributed by atoms with Crippen molar-refractivity contribution >= 4 is 28.6 Å². The molecule has 17 heavy (non-hydrogen) atoms. The zero-order chi connectivity index (χ0) is 12.4. The molecular formula is C11H8F2N2OS. The average Bonchev–Trinajstić information content (AvgIpc) is 2.76. The molecule has 0 aliphatic rings. The molecule has 3 nitrogen and oxygen atoms in total. The number of thiophene rings is 1. The van der Waals surface area contributed by atoms with E-state index in [1.807, 2.05) is 0 Å². The predicted molar refractivity (Wildman–Crippen MR) is 63.0 cm³/mol. The number of benzene rings is 1. The highest BCUT2D eigenvalue weighted by Crippen LogP contribution is 2.19. The highest BCUT2D eigenvalue weighted by molar-refractivity contribution is 7.08. The Kier molecular flexibility index (Phi) is 3.06. The van der Waals surface area contributed by atoms with Gasteiger partial charge in [-0.3, -0.25) is 4.79 Å². The molecule has 3 N–H and O–H groups in total. The van der Waals surface area contributed by atoms with E-state index in [4.69, 9.17) is 5.73 Å². The third-order valence-electron chi connectivity index (χ3n) is 2.12. The summed E-state index contributed by atoms with van der Waals surface area (Å²) in [6, 6.07) is 3.27. The van der Waals surface area contributed by atoms with Gasteiger partial charge in [0.05, 0.1) is 11.3 Å². The van der Waals surface area contributed by atoms with Crippen LogP contribution >= 0.6 is 11.3 Å². The lowest BCUT2D eigenvalue weighted by atomic mass is 10.1. The molecule has 6 heteroatoms. The first kappa shape index (κ1) is 11.5. The smallest absolute Gasteiger partial charge is 0.257 e. The molecular weight excluding hydrogens is 246 g/mol. The molecule has 0 aliphatic heterocycles. The van der Waals surface area contributed by atoms with Gasteiger partial charge in [-0.1, -0.05) is 0 Å². The molecule has 1 heterocycles. The van der Waals surface area contributed by atoms with Crippen LogP contribution in [-0.4, -0.2) is 5.91 Å². The SMILES string of the molecule is Nc1cc(F)c(F)cc1C(=O)Nc1ccsc1. The van der Waals surface area contributed by atoms with Crippen molar-refractivity contribution in [3.63, 3.8) is 0 Å². The van der Waals surface area contributed by atoms with Crippen molar-refractivity contribution in [3.8, 4) is 0 Å². The molecule has 0 atom stereocenters. The predicted octanol–water partition coefficient (Wildman–Crippen LogP) is 2.86. The maximum Gasteiger partial charge on any atom is 0.257 e. The zero-order valence-corrected chi connectivity index (χ0v) is 9.35. The number of hydrogen-bond donors (Lipinski definition) is 2. The number of carbonyl (C=O) groups is 1. The monoisotopic (exact) mass is 254 g/mol. The van der Waals surface area contributed by atoms with Gasteiger partial charge in [-0.2, -0.15) is 11.3 Å². The number of rotatable bonds is 2. The van der Waals surface area contributed by atoms with Crippen molar-refractivity contribution in [1.29, 1.82) is 0 Å². The molecule has 0 spiro atoms. The van der Waals surface area contributed by atoms with Crippen molar-refractivity contribution in [3.05, 3.63) is 46.2 Å². The Hall–Kier alpha value is -1.95. The normalized spacial score (nSPS) is 10.2. The number of amides is 1. The summed E-state index contributed by atoms with van der Waals surface area (Å²) in [5, 5.41) is 6.03. The number of halogens is 2. The molecule has 2 aromatic rings. The summed E-state index contributed by atoms with van der Waals surface area (Å²) >= 11 is 1.41. The fraction of sp³-hybridized carbons (Fsp3) is 0. The molecule has 0 saturated heterocycles. The first-order valence-corrected chi connectivity index (χ1v) is 5.60. The maximum absolute atomic E-state index is 13.0. The van der Waals surface area contributed by atoms with Gasteiger partial charge < -0.3 is 11.1 Å². The Morgan fingerprint density at radius 3 is 2.65 bits per heavy atom. The Morgan fingerprint density at radius 2 is 2.00 bits per heavy atom. The fourth-order valence-corrected chi connectivity index (χ4v) is 1.88. The third kappa shape index (κ3) is 2.42. The van der Waals surface area contributed by atoms with Crippen LogP contribution in [0.15, 0.2) is 29.0 Å². The molecule has 0 unspecified atom stereocenters. The molecule has 88 valence electrons. The van der Waals surface area contributed by atoms with Gasteiger partial charge in [-0.15, -0.1) is 0 Å². The van der Waals surface area contributed by atoms with Crippen LogP contribution < -0.4 is 11.1 Å². The van der Waals surface area contributed by atoms with Crippen molar-refractivity contribution in [2.45, 2.75) is 0 Å². The van der Waals surface area contributed by atoms with E-state index in [1.54, 1.807) is 16.8 Å². The van der Waals surface area contributed by atoms with Crippen LogP contribution in [0.5, 0.6) is 0 Å². The van der Waals surface area contributed by atoms with E-state index in [1.165, 1.54) is 11.3 Å². The number of nitrogen functional groups attached to an aromatic ring is 1. The number of hydrogen-bond acceptors (Lipinski definition) is 3. The minimum atomic E-state index is -1.10. The summed E-state index contributed by atoms with van der Waals surface area (Å²) in [7, 11) is 0. The largest absolute Gasteiger partial charge is 0.398 e. The lowest BCUT2D eigenvalue weighted by Crippen LogP contribution is -2.14. The van der Waals surface area contributed by atoms with E-state index in [2.05, 4.69) is 5.32 Å². The van der Waals surface area contributed by atoms with E-state index in [-0.39, 0.29) is 11.3 Å². The first-order valence-electron chi connectivity index (χ1n) is 4.66. The van der Waals surface area contributed by atoms with Gasteiger partial charge in [0.25, 0.3) is 5.91 Å². The molecule has 1 aromatic heterocycles. The third-order valence-corrected chi connectivity index (χ3v) is 2.80. The van der Waals surface area contributed by atoms with Crippen LogP contribution in [0.1, 0.15) is 10.4 Å². The van der Waals surface area contributed by atoms with E-state index >= 15 is 0 Å². The Balaban J connectivity index is 2.28. The van der Waals surface area contributed by atoms with Crippen molar-refractivity contribution in [2.75, 3.05) is 11.1 Å². The number of nitrogens with two attached hydrogens (primary N) is 1. The summed E-state index contributed by atoms with van der Waals surface area (Å²) < 4.78 is 25.8. The Morgan fingerprint density at radius 1 is 1.29 bits per heavy atom. The van der Waals surface area contributed by atoms with Crippen molar-refractivity contribution in [1.82, 2.24) is 0 Å². The van der Waals surface area contributed by atoms with Gasteiger partial charge in [-0.05, 0) is 17.5 Å². The topological polar surface area (TPSA) is 55.1 Å². The molecule has 0 fully saturated rings.